The second-order valence-corrected chi connectivity index (χ2v) is 13.5. The molecule has 0 aromatic rings. The van der Waals surface area contributed by atoms with Crippen molar-refractivity contribution in [3.05, 3.63) is 0 Å². The van der Waals surface area contributed by atoms with E-state index in [1.165, 1.54) is 0 Å². The van der Waals surface area contributed by atoms with Gasteiger partial charge in [-0.05, 0) is 50.9 Å². The largest absolute Gasteiger partial charge is 0.481 e. The van der Waals surface area contributed by atoms with E-state index in [1.807, 2.05) is 6.92 Å². The van der Waals surface area contributed by atoms with Crippen LogP contribution in [-0.4, -0.2) is 121 Å². The zero-order valence-corrected chi connectivity index (χ0v) is 29.6. The van der Waals surface area contributed by atoms with Gasteiger partial charge >= 0.3 is 23.9 Å². The minimum Gasteiger partial charge on any atom is -0.481 e. The number of rotatable bonds is 31. The fraction of sp³-hybridized carbons (Fsp3) is 0.824. The molecule has 0 saturated carbocycles. The van der Waals surface area contributed by atoms with Gasteiger partial charge < -0.3 is 51.0 Å². The summed E-state index contributed by atoms with van der Waals surface area (Å²) in [5.74, 6) is -12.6. The molecule has 0 saturated heterocycles. The van der Waals surface area contributed by atoms with Crippen molar-refractivity contribution in [1.82, 2.24) is 0 Å². The van der Waals surface area contributed by atoms with Gasteiger partial charge in [-0.3, -0.25) is 28.8 Å². The molecule has 0 spiro atoms. The van der Waals surface area contributed by atoms with Crippen LogP contribution in [-0.2, 0) is 38.2 Å². The number of aliphatic hydroxyl groups excluding tert-OH is 3. The number of aliphatic carboxylic acids is 4. The zero-order chi connectivity index (χ0) is 38.6. The van der Waals surface area contributed by atoms with Gasteiger partial charge in [0.25, 0.3) is 0 Å². The number of unbranched alkanes of at least 4 members (excludes halogenated alkanes) is 2. The average Bonchev–Trinajstić information content (AvgIpc) is 3.01. The van der Waals surface area contributed by atoms with Crippen LogP contribution >= 0.6 is 0 Å². The molecular weight excluding hydrogens is 662 g/mol. The molecule has 290 valence electrons. The third kappa shape index (κ3) is 20.0. The first kappa shape index (κ1) is 47.0. The molecule has 0 rings (SSSR count). The maximum Gasteiger partial charge on any atom is 0.314 e. The van der Waals surface area contributed by atoms with E-state index in [0.717, 1.165) is 12.8 Å². The number of nitrogens with two attached hydrogens (primary N) is 1. The number of hydrogen-bond donors (Lipinski definition) is 8. The molecule has 0 heterocycles. The third-order valence-electron chi connectivity index (χ3n) is 8.68. The highest BCUT2D eigenvalue weighted by molar-refractivity contribution is 6.02. The van der Waals surface area contributed by atoms with E-state index in [1.54, 1.807) is 20.8 Å². The minimum absolute atomic E-state index is 0.141. The Hall–Kier alpha value is -3.02. The fourth-order valence-corrected chi connectivity index (χ4v) is 5.67. The van der Waals surface area contributed by atoms with E-state index in [0.29, 0.717) is 32.1 Å². The number of carboxylic acids is 4. The first-order valence-corrected chi connectivity index (χ1v) is 17.3. The predicted molar refractivity (Wildman–Crippen MR) is 178 cm³/mol. The lowest BCUT2D eigenvalue weighted by Crippen LogP contribution is -2.42. The molecule has 0 radical (unpaired) electrons. The molecule has 0 aliphatic carbocycles. The minimum atomic E-state index is -1.88. The van der Waals surface area contributed by atoms with Gasteiger partial charge in [-0.1, -0.05) is 46.5 Å². The summed E-state index contributed by atoms with van der Waals surface area (Å²) in [5.41, 5.74) is 5.63. The Labute approximate surface area is 293 Å². The molecular formula is C34H59NO15. The second-order valence-electron chi connectivity index (χ2n) is 13.5. The molecule has 16 nitrogen and oxygen atoms in total. The molecule has 0 fully saturated rings. The highest BCUT2D eigenvalue weighted by Gasteiger charge is 2.36. The Kier molecular flexibility index (Phi) is 23.5. The van der Waals surface area contributed by atoms with Crippen molar-refractivity contribution in [3.63, 3.8) is 0 Å². The van der Waals surface area contributed by atoms with Crippen LogP contribution in [0.4, 0.5) is 0 Å². The Morgan fingerprint density at radius 2 is 1.10 bits per heavy atom. The first-order chi connectivity index (χ1) is 23.3. The van der Waals surface area contributed by atoms with Crippen LogP contribution in [0.15, 0.2) is 0 Å². The van der Waals surface area contributed by atoms with E-state index < -0.39 is 110 Å². The molecule has 0 aromatic heterocycles. The Balaban J connectivity index is 5.94. The molecule has 0 aromatic carbocycles. The Bertz CT molecular complexity index is 1070. The summed E-state index contributed by atoms with van der Waals surface area (Å²) in [4.78, 5) is 71.2. The number of carbonyl (C=O) groups is 6. The molecule has 50 heavy (non-hydrogen) atoms. The fourth-order valence-electron chi connectivity index (χ4n) is 5.67. The third-order valence-corrected chi connectivity index (χ3v) is 8.68. The number of carbonyl (C=O) groups excluding carboxylic acids is 2. The quantitative estimate of drug-likeness (QED) is 0.0374. The highest BCUT2D eigenvalue weighted by Crippen LogP contribution is 2.28. The van der Waals surface area contributed by atoms with E-state index in [2.05, 4.69) is 0 Å². The summed E-state index contributed by atoms with van der Waals surface area (Å²) in [6, 6.07) is -0.471. The number of carboxylic acid groups (broad SMARTS) is 4. The van der Waals surface area contributed by atoms with E-state index in [9.17, 15) is 54.3 Å². The molecule has 9 N–H and O–H groups in total. The van der Waals surface area contributed by atoms with Crippen LogP contribution in [0.1, 0.15) is 105 Å². The van der Waals surface area contributed by atoms with E-state index >= 15 is 0 Å². The number of ketones is 2. The van der Waals surface area contributed by atoms with Crippen molar-refractivity contribution >= 4 is 35.4 Å². The maximum absolute atomic E-state index is 12.8. The van der Waals surface area contributed by atoms with Crippen LogP contribution in [0.2, 0.25) is 0 Å². The summed E-state index contributed by atoms with van der Waals surface area (Å²) < 4.78 is 11.8. The number of Topliss-reactive ketones (excluding diaryl/α,β-unsaturated/α-hetero) is 2. The molecule has 16 heteroatoms. The standard InChI is InChI=1S/C34H59NO15/c1-5-6-9-20(3)32(50-18-28(40)25(34(47)48)16-31(43)44)29(49-17-27(39)24(33(45)46)15-30(41)42)13-19(2)12-22(36)10-7-8-11-23(37)14-26(38)21(4)35/h19-26,29,32,36-38H,5-18,35H2,1-4H3,(H,41,42)(H,43,44)(H,45,46)(H,47,48)/t19-,20+,21-,22+,23+,24+,25+,26-,29-,32+/m0/s1. The lowest BCUT2D eigenvalue weighted by Gasteiger charge is -2.34. The maximum atomic E-state index is 12.8. The number of ether oxygens (including phenoxy) is 2. The van der Waals surface area contributed by atoms with Crippen molar-refractivity contribution < 1.29 is 74.0 Å². The normalized spacial score (nSPS) is 17.7. The van der Waals surface area contributed by atoms with Gasteiger partial charge in [0.1, 0.15) is 25.0 Å². The van der Waals surface area contributed by atoms with Gasteiger partial charge in [-0.25, -0.2) is 0 Å². The SMILES string of the molecule is CCCC[C@@H](C)[C@@H](OCC(=O)[C@@H](CC(=O)O)C(=O)O)[C@H](C[C@@H](C)C[C@H](O)CCCC[C@@H](O)C[C@H](O)[C@H](C)N)OCC(=O)[C@@H](CC(=O)O)C(=O)O. The zero-order valence-electron chi connectivity index (χ0n) is 29.6. The van der Waals surface area contributed by atoms with Crippen LogP contribution in [0, 0.1) is 23.7 Å². The van der Waals surface area contributed by atoms with Crippen molar-refractivity contribution in [1.29, 1.82) is 0 Å². The van der Waals surface area contributed by atoms with Gasteiger partial charge in [-0.15, -0.1) is 0 Å². The smallest absolute Gasteiger partial charge is 0.314 e. The molecule has 0 bridgehead atoms. The molecule has 0 unspecified atom stereocenters. The topological polar surface area (TPSA) is 289 Å². The van der Waals surface area contributed by atoms with Crippen molar-refractivity contribution in [3.8, 4) is 0 Å². The van der Waals surface area contributed by atoms with Crippen LogP contribution in [0.25, 0.3) is 0 Å². The van der Waals surface area contributed by atoms with Gasteiger partial charge in [0.2, 0.25) is 0 Å². The van der Waals surface area contributed by atoms with Crippen molar-refractivity contribution in [2.45, 2.75) is 141 Å². The van der Waals surface area contributed by atoms with Gasteiger partial charge in [-0.2, -0.15) is 0 Å². The highest BCUT2D eigenvalue weighted by atomic mass is 16.5. The average molecular weight is 722 g/mol. The van der Waals surface area contributed by atoms with Gasteiger partial charge in [0.15, 0.2) is 11.6 Å². The number of hydrogen-bond acceptors (Lipinski definition) is 12. The molecule has 0 aliphatic heterocycles. The summed E-state index contributed by atoms with van der Waals surface area (Å²) in [6.45, 7) is 5.61. The molecule has 0 aliphatic rings. The molecule has 0 amide bonds. The summed E-state index contributed by atoms with van der Waals surface area (Å²) >= 11 is 0. The van der Waals surface area contributed by atoms with Crippen LogP contribution in [0.5, 0.6) is 0 Å². The first-order valence-electron chi connectivity index (χ1n) is 17.3. The lowest BCUT2D eigenvalue weighted by atomic mass is 9.87. The summed E-state index contributed by atoms with van der Waals surface area (Å²) in [6.07, 6.45) is -1.58. The van der Waals surface area contributed by atoms with Crippen LogP contribution < -0.4 is 5.73 Å². The monoisotopic (exact) mass is 721 g/mol. The second kappa shape index (κ2) is 25.0. The number of aliphatic hydroxyl groups is 3. The Morgan fingerprint density at radius 1 is 0.640 bits per heavy atom. The summed E-state index contributed by atoms with van der Waals surface area (Å²) in [5, 5.41) is 67.8. The van der Waals surface area contributed by atoms with Gasteiger partial charge in [0, 0.05) is 12.5 Å². The van der Waals surface area contributed by atoms with E-state index in [-0.39, 0.29) is 31.1 Å². The van der Waals surface area contributed by atoms with E-state index in [4.69, 9.17) is 25.4 Å². The van der Waals surface area contributed by atoms with Crippen LogP contribution in [0.3, 0.4) is 0 Å². The predicted octanol–water partition coefficient (Wildman–Crippen LogP) is 1.87. The van der Waals surface area contributed by atoms with Crippen molar-refractivity contribution in [2.75, 3.05) is 13.2 Å². The van der Waals surface area contributed by atoms with Crippen molar-refractivity contribution in [2.24, 2.45) is 29.4 Å². The molecule has 10 atom stereocenters. The lowest BCUT2D eigenvalue weighted by molar-refractivity contribution is -0.160. The van der Waals surface area contributed by atoms with Gasteiger partial charge in [0.05, 0.1) is 43.4 Å². The Morgan fingerprint density at radius 3 is 1.52 bits per heavy atom. The summed E-state index contributed by atoms with van der Waals surface area (Å²) in [7, 11) is 0.